The molecular formula is C19H19NO3. The molecule has 1 aliphatic heterocycles. The van der Waals surface area contributed by atoms with Gasteiger partial charge in [-0.25, -0.2) is 0 Å². The predicted octanol–water partition coefficient (Wildman–Crippen LogP) is 2.28. The summed E-state index contributed by atoms with van der Waals surface area (Å²) in [6, 6.07) is 5.97. The summed E-state index contributed by atoms with van der Waals surface area (Å²) in [7, 11) is 0. The number of nitrogens with zero attached hydrogens (tertiary/aromatic N) is 1. The standard InChI is InChI=1S/C19H19NO3/c21-15-9-12-5-7-14(15)17-16(12)18(22)20(19(17)23)13-6-4-10-2-1-3-11(10)8-13/h4,6,8,12,14,16-17H,1-3,5,7,9H2/t12-,14+,16+,17-/m0/s1. The van der Waals surface area contributed by atoms with Crippen LogP contribution in [0.2, 0.25) is 0 Å². The van der Waals surface area contributed by atoms with E-state index in [4.69, 9.17) is 0 Å². The molecule has 4 atom stereocenters. The zero-order valence-electron chi connectivity index (χ0n) is 13.0. The zero-order chi connectivity index (χ0) is 15.7. The van der Waals surface area contributed by atoms with Gasteiger partial charge in [0.1, 0.15) is 5.78 Å². The lowest BCUT2D eigenvalue weighted by molar-refractivity contribution is -0.143. The molecule has 2 amide bonds. The van der Waals surface area contributed by atoms with Crippen LogP contribution < -0.4 is 4.90 Å². The summed E-state index contributed by atoms with van der Waals surface area (Å²) >= 11 is 0. The molecular weight excluding hydrogens is 290 g/mol. The topological polar surface area (TPSA) is 54.5 Å². The van der Waals surface area contributed by atoms with Crippen LogP contribution in [0.25, 0.3) is 0 Å². The van der Waals surface area contributed by atoms with Crippen molar-refractivity contribution in [3.05, 3.63) is 29.3 Å². The van der Waals surface area contributed by atoms with E-state index in [1.54, 1.807) is 0 Å². The number of hydrogen-bond donors (Lipinski definition) is 0. The van der Waals surface area contributed by atoms with Crippen LogP contribution in [0.3, 0.4) is 0 Å². The molecule has 1 saturated heterocycles. The van der Waals surface area contributed by atoms with Crippen LogP contribution in [0.1, 0.15) is 36.8 Å². The van der Waals surface area contributed by atoms with Gasteiger partial charge in [-0.15, -0.1) is 0 Å². The summed E-state index contributed by atoms with van der Waals surface area (Å²) in [6.45, 7) is 0. The molecule has 4 heteroatoms. The number of benzene rings is 1. The first kappa shape index (κ1) is 13.5. The van der Waals surface area contributed by atoms with Gasteiger partial charge in [-0.05, 0) is 61.3 Å². The Balaban J connectivity index is 1.56. The van der Waals surface area contributed by atoms with Crippen LogP contribution in [-0.2, 0) is 27.2 Å². The zero-order valence-corrected chi connectivity index (χ0v) is 13.0. The van der Waals surface area contributed by atoms with E-state index < -0.39 is 5.92 Å². The van der Waals surface area contributed by atoms with Crippen molar-refractivity contribution >= 4 is 23.3 Å². The van der Waals surface area contributed by atoms with E-state index in [0.717, 1.165) is 32.1 Å². The van der Waals surface area contributed by atoms with Crippen LogP contribution in [0.5, 0.6) is 0 Å². The molecule has 0 unspecified atom stereocenters. The monoisotopic (exact) mass is 309 g/mol. The molecule has 0 radical (unpaired) electrons. The molecule has 23 heavy (non-hydrogen) atoms. The number of carbonyl (C=O) groups excluding carboxylic acids is 3. The minimum absolute atomic E-state index is 0.0693. The molecule has 6 rings (SSSR count). The van der Waals surface area contributed by atoms with Crippen molar-refractivity contribution in [2.24, 2.45) is 23.7 Å². The second kappa shape index (κ2) is 4.53. The van der Waals surface area contributed by atoms with Gasteiger partial charge in [0.2, 0.25) is 11.8 Å². The maximum Gasteiger partial charge on any atom is 0.238 e. The lowest BCUT2D eigenvalue weighted by Gasteiger charge is -2.41. The molecule has 4 fully saturated rings. The van der Waals surface area contributed by atoms with E-state index in [9.17, 15) is 14.4 Å². The third-order valence-corrected chi connectivity index (χ3v) is 6.41. The number of hydrogen-bond acceptors (Lipinski definition) is 3. The number of aryl methyl sites for hydroxylation is 2. The minimum atomic E-state index is -0.393. The highest BCUT2D eigenvalue weighted by molar-refractivity contribution is 6.23. The molecule has 1 aromatic carbocycles. The van der Waals surface area contributed by atoms with Crippen LogP contribution in [0, 0.1) is 23.7 Å². The van der Waals surface area contributed by atoms with Crippen molar-refractivity contribution in [3.63, 3.8) is 0 Å². The summed E-state index contributed by atoms with van der Waals surface area (Å²) in [4.78, 5) is 39.4. The number of imide groups is 1. The number of carbonyl (C=O) groups is 3. The van der Waals surface area contributed by atoms with Gasteiger partial charge in [-0.1, -0.05) is 6.07 Å². The smallest absolute Gasteiger partial charge is 0.238 e. The molecule has 5 aliphatic rings. The van der Waals surface area contributed by atoms with Crippen LogP contribution in [0.15, 0.2) is 18.2 Å². The van der Waals surface area contributed by atoms with Crippen LogP contribution in [0.4, 0.5) is 5.69 Å². The maximum absolute atomic E-state index is 12.9. The Morgan fingerprint density at radius 2 is 1.70 bits per heavy atom. The van der Waals surface area contributed by atoms with Gasteiger partial charge in [-0.2, -0.15) is 0 Å². The van der Waals surface area contributed by atoms with Crippen LogP contribution >= 0.6 is 0 Å². The number of anilines is 1. The third-order valence-electron chi connectivity index (χ3n) is 6.41. The Bertz CT molecular complexity index is 753. The lowest BCUT2D eigenvalue weighted by Crippen LogP contribution is -2.46. The SMILES string of the molecule is O=C1C[C@@H]2CC[C@H]1[C@@H]1C(=O)N(c3ccc4c(c3)CCC4)C(=O)[C@H]21. The molecule has 0 spiro atoms. The van der Waals surface area contributed by atoms with Crippen molar-refractivity contribution in [2.75, 3.05) is 4.90 Å². The van der Waals surface area contributed by atoms with E-state index in [1.165, 1.54) is 16.0 Å². The minimum Gasteiger partial charge on any atom is -0.299 e. The Labute approximate surface area is 134 Å². The van der Waals surface area contributed by atoms with Gasteiger partial charge in [0, 0.05) is 12.3 Å². The normalized spacial score (nSPS) is 35.0. The second-order valence-electron chi connectivity index (χ2n) is 7.48. The Hall–Kier alpha value is -1.97. The number of ketones is 1. The molecule has 0 N–H and O–H groups in total. The number of rotatable bonds is 1. The van der Waals surface area contributed by atoms with Gasteiger partial charge in [0.05, 0.1) is 17.5 Å². The van der Waals surface area contributed by atoms with Gasteiger partial charge in [0.15, 0.2) is 0 Å². The highest BCUT2D eigenvalue weighted by Gasteiger charge is 2.60. The van der Waals surface area contributed by atoms with E-state index in [1.807, 2.05) is 12.1 Å². The fourth-order valence-corrected chi connectivity index (χ4v) is 5.34. The van der Waals surface area contributed by atoms with Gasteiger partial charge < -0.3 is 0 Å². The molecule has 0 aromatic heterocycles. The molecule has 3 saturated carbocycles. The highest BCUT2D eigenvalue weighted by atomic mass is 16.2. The molecule has 1 heterocycles. The van der Waals surface area contributed by atoms with Crippen molar-refractivity contribution < 1.29 is 14.4 Å². The first-order valence-corrected chi connectivity index (χ1v) is 8.67. The van der Waals surface area contributed by atoms with Crippen molar-refractivity contribution in [2.45, 2.75) is 38.5 Å². The fourth-order valence-electron chi connectivity index (χ4n) is 5.34. The number of Topliss-reactive ketones (excluding diaryl/α,β-unsaturated/α-hetero) is 1. The molecule has 1 aromatic rings. The second-order valence-corrected chi connectivity index (χ2v) is 7.48. The Kier molecular flexibility index (Phi) is 2.65. The first-order valence-electron chi connectivity index (χ1n) is 8.67. The summed E-state index contributed by atoms with van der Waals surface area (Å²) < 4.78 is 0. The summed E-state index contributed by atoms with van der Waals surface area (Å²) in [5.74, 6) is -0.808. The lowest BCUT2D eigenvalue weighted by atomic mass is 9.59. The van der Waals surface area contributed by atoms with Crippen LogP contribution in [-0.4, -0.2) is 17.6 Å². The number of amides is 2. The van der Waals surface area contributed by atoms with Gasteiger partial charge >= 0.3 is 0 Å². The van der Waals surface area contributed by atoms with E-state index in [-0.39, 0.29) is 35.4 Å². The van der Waals surface area contributed by atoms with E-state index >= 15 is 0 Å². The van der Waals surface area contributed by atoms with Gasteiger partial charge in [0.25, 0.3) is 0 Å². The maximum atomic E-state index is 12.9. The largest absolute Gasteiger partial charge is 0.299 e. The quantitative estimate of drug-likeness (QED) is 0.748. The van der Waals surface area contributed by atoms with Gasteiger partial charge in [-0.3, -0.25) is 19.3 Å². The van der Waals surface area contributed by atoms with Crippen molar-refractivity contribution in [1.82, 2.24) is 0 Å². The molecule has 4 aliphatic carbocycles. The summed E-state index contributed by atoms with van der Waals surface area (Å²) in [5, 5.41) is 0. The first-order chi connectivity index (χ1) is 11.1. The predicted molar refractivity (Wildman–Crippen MR) is 83.8 cm³/mol. The summed E-state index contributed by atoms with van der Waals surface area (Å²) in [6.07, 6.45) is 5.43. The average molecular weight is 309 g/mol. The fraction of sp³-hybridized carbons (Fsp3) is 0.526. The number of fused-ring (bicyclic) bond motifs is 3. The third kappa shape index (κ3) is 1.69. The summed E-state index contributed by atoms with van der Waals surface area (Å²) in [5.41, 5.74) is 3.31. The molecule has 118 valence electrons. The van der Waals surface area contributed by atoms with Crippen molar-refractivity contribution in [3.8, 4) is 0 Å². The molecule has 4 nitrogen and oxygen atoms in total. The Morgan fingerprint density at radius 1 is 0.913 bits per heavy atom. The van der Waals surface area contributed by atoms with E-state index in [2.05, 4.69) is 6.07 Å². The Morgan fingerprint density at radius 3 is 2.52 bits per heavy atom. The molecule has 2 bridgehead atoms. The average Bonchev–Trinajstić information content (AvgIpc) is 3.11. The van der Waals surface area contributed by atoms with E-state index in [0.29, 0.717) is 12.1 Å². The highest BCUT2D eigenvalue weighted by Crippen LogP contribution is 2.52. The van der Waals surface area contributed by atoms with Crippen molar-refractivity contribution in [1.29, 1.82) is 0 Å².